The van der Waals surface area contributed by atoms with Gasteiger partial charge >= 0.3 is 5.63 Å². The molecule has 2 aromatic carbocycles. The van der Waals surface area contributed by atoms with Crippen LogP contribution in [0.4, 0.5) is 0 Å². The Morgan fingerprint density at radius 3 is 2.97 bits per heavy atom. The second-order valence-electron chi connectivity index (χ2n) is 8.01. The third-order valence-electron chi connectivity index (χ3n) is 6.02. The van der Waals surface area contributed by atoms with Crippen molar-refractivity contribution in [3.05, 3.63) is 75.1 Å². The fraction of sp³-hybridized carbons (Fsp3) is 0.333. The molecule has 1 aliphatic heterocycles. The Labute approximate surface area is 173 Å². The second kappa shape index (κ2) is 7.73. The number of aromatic nitrogens is 1. The fourth-order valence-electron chi connectivity index (χ4n) is 4.50. The molecule has 2 atom stereocenters. The van der Waals surface area contributed by atoms with Crippen LogP contribution >= 0.6 is 11.3 Å². The average molecular weight is 406 g/mol. The van der Waals surface area contributed by atoms with E-state index in [-0.39, 0.29) is 5.63 Å². The summed E-state index contributed by atoms with van der Waals surface area (Å²) in [5.41, 5.74) is 3.86. The SMILES string of the molecule is CCc1ccc2c(C[NH+]3CCC[C@@H](c4nc5ccccc5s4)C3)cc(=O)oc2c1. The highest BCUT2D eigenvalue weighted by molar-refractivity contribution is 7.18. The van der Waals surface area contributed by atoms with E-state index in [9.17, 15) is 4.79 Å². The zero-order valence-corrected chi connectivity index (χ0v) is 17.4. The number of nitrogens with zero attached hydrogens (tertiary/aromatic N) is 1. The van der Waals surface area contributed by atoms with E-state index < -0.39 is 0 Å². The van der Waals surface area contributed by atoms with Gasteiger partial charge in [-0.1, -0.05) is 31.2 Å². The molecule has 3 heterocycles. The summed E-state index contributed by atoms with van der Waals surface area (Å²) in [4.78, 5) is 18.6. The number of piperidine rings is 1. The first-order valence-corrected chi connectivity index (χ1v) is 11.3. The Morgan fingerprint density at radius 2 is 2.10 bits per heavy atom. The van der Waals surface area contributed by atoms with Crippen LogP contribution in [0, 0.1) is 0 Å². The van der Waals surface area contributed by atoms with Crippen LogP contribution in [0.1, 0.15) is 41.8 Å². The smallest absolute Gasteiger partial charge is 0.336 e. The first-order valence-electron chi connectivity index (χ1n) is 10.4. The molecule has 0 radical (unpaired) electrons. The van der Waals surface area contributed by atoms with Crippen LogP contribution in [-0.4, -0.2) is 18.1 Å². The quantitative estimate of drug-likeness (QED) is 0.524. The number of benzene rings is 2. The van der Waals surface area contributed by atoms with E-state index in [1.807, 2.05) is 17.4 Å². The lowest BCUT2D eigenvalue weighted by Gasteiger charge is -2.29. The van der Waals surface area contributed by atoms with Gasteiger partial charge in [-0.25, -0.2) is 9.78 Å². The maximum atomic E-state index is 12.1. The van der Waals surface area contributed by atoms with Crippen LogP contribution in [0.2, 0.25) is 0 Å². The number of para-hydroxylation sites is 1. The van der Waals surface area contributed by atoms with Crippen molar-refractivity contribution in [3.8, 4) is 0 Å². The van der Waals surface area contributed by atoms with Crippen molar-refractivity contribution in [2.24, 2.45) is 0 Å². The fourth-order valence-corrected chi connectivity index (χ4v) is 5.60. The standard InChI is InChI=1S/C24H24N2O2S/c1-2-16-9-10-19-18(13-23(27)28-21(19)12-16)15-26-11-5-6-17(14-26)24-25-20-7-3-4-8-22(20)29-24/h3-4,7-10,12-13,17H,2,5-6,11,14-15H2,1H3/p+1/t17-/m1/s1. The Bertz CT molecular complexity index is 1190. The van der Waals surface area contributed by atoms with Crippen LogP contribution in [0.3, 0.4) is 0 Å². The van der Waals surface area contributed by atoms with E-state index in [0.29, 0.717) is 11.5 Å². The molecule has 1 N–H and O–H groups in total. The third-order valence-corrected chi connectivity index (χ3v) is 7.22. The zero-order chi connectivity index (χ0) is 19.8. The van der Waals surface area contributed by atoms with E-state index >= 15 is 0 Å². The lowest BCUT2D eigenvalue weighted by molar-refractivity contribution is -0.919. The molecular formula is C24H25N2O2S+. The van der Waals surface area contributed by atoms with Crippen LogP contribution in [0.15, 0.2) is 57.7 Å². The molecule has 4 aromatic rings. The number of quaternary nitrogens is 1. The molecule has 0 saturated carbocycles. The van der Waals surface area contributed by atoms with Crippen LogP contribution in [-0.2, 0) is 13.0 Å². The normalized spacial score (nSPS) is 19.8. The Balaban J connectivity index is 1.41. The van der Waals surface area contributed by atoms with Gasteiger partial charge in [0.05, 0.1) is 29.2 Å². The van der Waals surface area contributed by atoms with E-state index in [2.05, 4.69) is 43.3 Å². The van der Waals surface area contributed by atoms with Crippen molar-refractivity contribution < 1.29 is 9.32 Å². The van der Waals surface area contributed by atoms with Gasteiger partial charge in [0, 0.05) is 17.0 Å². The number of likely N-dealkylation sites (tertiary alicyclic amines) is 1. The molecule has 1 aliphatic rings. The number of fused-ring (bicyclic) bond motifs is 2. The van der Waals surface area contributed by atoms with Gasteiger partial charge in [0.2, 0.25) is 0 Å². The minimum Gasteiger partial charge on any atom is -0.423 e. The van der Waals surface area contributed by atoms with Gasteiger partial charge in [0.25, 0.3) is 0 Å². The third kappa shape index (κ3) is 3.72. The number of rotatable bonds is 4. The largest absolute Gasteiger partial charge is 0.423 e. The minimum absolute atomic E-state index is 0.250. The molecule has 148 valence electrons. The molecule has 0 bridgehead atoms. The van der Waals surface area contributed by atoms with E-state index in [4.69, 9.17) is 9.40 Å². The minimum atomic E-state index is -0.250. The average Bonchev–Trinajstić information content (AvgIpc) is 3.18. The molecule has 1 saturated heterocycles. The lowest BCUT2D eigenvalue weighted by Crippen LogP contribution is -3.12. The van der Waals surface area contributed by atoms with Crippen molar-refractivity contribution >= 4 is 32.5 Å². The molecule has 5 heteroatoms. The van der Waals surface area contributed by atoms with Crippen molar-refractivity contribution in [1.82, 2.24) is 4.98 Å². The van der Waals surface area contributed by atoms with Crippen LogP contribution < -0.4 is 10.5 Å². The number of hydrogen-bond acceptors (Lipinski definition) is 4. The molecule has 4 nitrogen and oxygen atoms in total. The summed E-state index contributed by atoms with van der Waals surface area (Å²) in [6.07, 6.45) is 3.32. The molecule has 1 fully saturated rings. The summed E-state index contributed by atoms with van der Waals surface area (Å²) in [5, 5.41) is 2.32. The van der Waals surface area contributed by atoms with E-state index in [1.165, 1.54) is 33.0 Å². The maximum Gasteiger partial charge on any atom is 0.336 e. The van der Waals surface area contributed by atoms with Gasteiger partial charge in [-0.15, -0.1) is 11.3 Å². The highest BCUT2D eigenvalue weighted by Crippen LogP contribution is 2.30. The molecular weight excluding hydrogens is 380 g/mol. The maximum absolute atomic E-state index is 12.1. The number of hydrogen-bond donors (Lipinski definition) is 1. The lowest BCUT2D eigenvalue weighted by atomic mass is 9.97. The summed E-state index contributed by atoms with van der Waals surface area (Å²) < 4.78 is 6.76. The molecule has 2 aromatic heterocycles. The summed E-state index contributed by atoms with van der Waals surface area (Å²) in [6.45, 7) is 5.17. The van der Waals surface area contributed by atoms with Gasteiger partial charge in [-0.05, 0) is 43.0 Å². The number of aryl methyl sites for hydroxylation is 1. The summed E-state index contributed by atoms with van der Waals surface area (Å²) in [6, 6.07) is 16.3. The molecule has 0 amide bonds. The topological polar surface area (TPSA) is 47.5 Å². The van der Waals surface area contributed by atoms with Gasteiger partial charge in [0.15, 0.2) is 0 Å². The second-order valence-corrected chi connectivity index (χ2v) is 9.08. The van der Waals surface area contributed by atoms with Crippen LogP contribution in [0.5, 0.6) is 0 Å². The monoisotopic (exact) mass is 405 g/mol. The Hall–Kier alpha value is -2.50. The van der Waals surface area contributed by atoms with Crippen molar-refractivity contribution in [3.63, 3.8) is 0 Å². The number of nitrogens with one attached hydrogen (secondary N) is 1. The highest BCUT2D eigenvalue weighted by Gasteiger charge is 2.27. The zero-order valence-electron chi connectivity index (χ0n) is 16.6. The van der Waals surface area contributed by atoms with E-state index in [0.717, 1.165) is 42.5 Å². The van der Waals surface area contributed by atoms with Crippen molar-refractivity contribution in [2.75, 3.05) is 13.1 Å². The first-order chi connectivity index (χ1) is 14.2. The van der Waals surface area contributed by atoms with Crippen molar-refractivity contribution in [1.29, 1.82) is 0 Å². The highest BCUT2D eigenvalue weighted by atomic mass is 32.1. The summed E-state index contributed by atoms with van der Waals surface area (Å²) >= 11 is 1.83. The van der Waals surface area contributed by atoms with E-state index in [1.54, 1.807) is 6.07 Å². The predicted molar refractivity (Wildman–Crippen MR) is 118 cm³/mol. The molecule has 29 heavy (non-hydrogen) atoms. The van der Waals surface area contributed by atoms with Gasteiger partial charge in [-0.2, -0.15) is 0 Å². The van der Waals surface area contributed by atoms with Gasteiger partial charge < -0.3 is 9.32 Å². The molecule has 0 spiro atoms. The van der Waals surface area contributed by atoms with Crippen molar-refractivity contribution in [2.45, 2.75) is 38.6 Å². The van der Waals surface area contributed by atoms with Gasteiger partial charge in [-0.3, -0.25) is 0 Å². The molecule has 1 unspecified atom stereocenters. The van der Waals surface area contributed by atoms with Crippen LogP contribution in [0.25, 0.3) is 21.2 Å². The summed E-state index contributed by atoms with van der Waals surface area (Å²) in [7, 11) is 0. The Morgan fingerprint density at radius 1 is 1.21 bits per heavy atom. The van der Waals surface area contributed by atoms with Gasteiger partial charge in [0.1, 0.15) is 17.1 Å². The molecule has 0 aliphatic carbocycles. The predicted octanol–water partition coefficient (Wildman–Crippen LogP) is 3.93. The molecule has 5 rings (SSSR count). The Kier molecular flexibility index (Phi) is 4.94. The number of thiazole rings is 1. The first kappa shape index (κ1) is 18.5. The summed E-state index contributed by atoms with van der Waals surface area (Å²) in [5.74, 6) is 0.495.